The van der Waals surface area contributed by atoms with E-state index in [-0.39, 0.29) is 11.9 Å². The zero-order valence-electron chi connectivity index (χ0n) is 16.9. The molecule has 0 bridgehead atoms. The Bertz CT molecular complexity index is 780. The number of carbonyl (C=O) groups is 1. The zero-order valence-corrected chi connectivity index (χ0v) is 16.9. The number of benzene rings is 1. The van der Waals surface area contributed by atoms with Crippen molar-refractivity contribution < 1.29 is 14.3 Å². The number of rotatable bonds is 7. The Morgan fingerprint density at radius 2 is 2.14 bits per heavy atom. The quantitative estimate of drug-likeness (QED) is 0.786. The summed E-state index contributed by atoms with van der Waals surface area (Å²) in [5.41, 5.74) is 1.68. The van der Waals surface area contributed by atoms with Crippen LogP contribution >= 0.6 is 0 Å². The smallest absolute Gasteiger partial charge is 0.241 e. The van der Waals surface area contributed by atoms with Gasteiger partial charge in [0, 0.05) is 35.8 Å². The third kappa shape index (κ3) is 5.01. The highest BCUT2D eigenvalue weighted by molar-refractivity contribution is 5.95. The Balaban J connectivity index is 1.70. The first-order chi connectivity index (χ1) is 13.6. The van der Waals surface area contributed by atoms with Crippen molar-refractivity contribution in [3.63, 3.8) is 0 Å². The molecule has 1 saturated heterocycles. The molecule has 1 aliphatic heterocycles. The highest BCUT2D eigenvalue weighted by atomic mass is 16.5. The molecule has 150 valence electrons. The number of amides is 1. The third-order valence-corrected chi connectivity index (χ3v) is 5.06. The molecule has 2 aromatic rings. The molecular formula is C22H29N3O3. The number of carbonyl (C=O) groups excluding carboxylic acids is 1. The van der Waals surface area contributed by atoms with Crippen LogP contribution in [-0.4, -0.2) is 41.5 Å². The van der Waals surface area contributed by atoms with Crippen LogP contribution in [0.1, 0.15) is 38.7 Å². The number of hydrogen-bond donors (Lipinski definition) is 1. The molecule has 6 heteroatoms. The van der Waals surface area contributed by atoms with E-state index in [0.717, 1.165) is 31.4 Å². The summed E-state index contributed by atoms with van der Waals surface area (Å²) in [6, 6.07) is 9.56. The van der Waals surface area contributed by atoms with E-state index in [0.29, 0.717) is 29.8 Å². The van der Waals surface area contributed by atoms with Crippen LogP contribution in [0.15, 0.2) is 42.7 Å². The van der Waals surface area contributed by atoms with Crippen LogP contribution in [0.2, 0.25) is 0 Å². The summed E-state index contributed by atoms with van der Waals surface area (Å²) in [6.07, 6.45) is 6.62. The van der Waals surface area contributed by atoms with Gasteiger partial charge in [0.1, 0.15) is 6.61 Å². The molecule has 1 aromatic carbocycles. The summed E-state index contributed by atoms with van der Waals surface area (Å²) in [5, 5.41) is 3.06. The van der Waals surface area contributed by atoms with Crippen molar-refractivity contribution in [2.24, 2.45) is 0 Å². The summed E-state index contributed by atoms with van der Waals surface area (Å²) in [5.74, 6) is 1.26. The molecule has 1 N–H and O–H groups in total. The van der Waals surface area contributed by atoms with Crippen molar-refractivity contribution in [2.45, 2.75) is 51.8 Å². The monoisotopic (exact) mass is 383 g/mol. The molecule has 1 atom stereocenters. The molecule has 1 aliphatic rings. The number of piperidine rings is 1. The summed E-state index contributed by atoms with van der Waals surface area (Å²) in [7, 11) is 1.60. The van der Waals surface area contributed by atoms with Crippen molar-refractivity contribution >= 4 is 11.6 Å². The number of anilines is 1. The van der Waals surface area contributed by atoms with E-state index in [1.807, 2.05) is 30.3 Å². The largest absolute Gasteiger partial charge is 0.493 e. The Hall–Kier alpha value is -2.60. The predicted molar refractivity (Wildman–Crippen MR) is 110 cm³/mol. The number of methoxy groups -OCH3 is 1. The molecule has 2 heterocycles. The number of nitrogens with zero attached hydrogens (tertiary/aromatic N) is 2. The second kappa shape index (κ2) is 9.55. The van der Waals surface area contributed by atoms with Gasteiger partial charge in [0.2, 0.25) is 5.91 Å². The molecule has 28 heavy (non-hydrogen) atoms. The molecule has 6 nitrogen and oxygen atoms in total. The maximum Gasteiger partial charge on any atom is 0.241 e. The lowest BCUT2D eigenvalue weighted by molar-refractivity contribution is -0.123. The minimum absolute atomic E-state index is 0.0387. The number of pyridine rings is 1. The van der Waals surface area contributed by atoms with E-state index in [4.69, 9.17) is 9.47 Å². The van der Waals surface area contributed by atoms with Crippen molar-refractivity contribution in [3.05, 3.63) is 48.3 Å². The van der Waals surface area contributed by atoms with E-state index in [2.05, 4.69) is 29.0 Å². The average molecular weight is 383 g/mol. The lowest BCUT2D eigenvalue weighted by Crippen LogP contribution is -2.50. The van der Waals surface area contributed by atoms with Crippen molar-refractivity contribution in [1.29, 1.82) is 0 Å². The Kier molecular flexibility index (Phi) is 6.87. The van der Waals surface area contributed by atoms with Crippen molar-refractivity contribution in [1.82, 2.24) is 9.88 Å². The standard InChI is InChI=1S/C22H29N3O3/c1-16(2)25-12-5-4-8-19(25)22(26)24-18-9-10-20(27-3)21(13-18)28-15-17-7-6-11-23-14-17/h6-7,9-11,13-14,16,19H,4-5,8,12,15H2,1-3H3,(H,24,26). The van der Waals surface area contributed by atoms with Gasteiger partial charge in [-0.15, -0.1) is 0 Å². The average Bonchev–Trinajstić information content (AvgIpc) is 2.73. The fraction of sp³-hybridized carbons (Fsp3) is 0.455. The fourth-order valence-electron chi connectivity index (χ4n) is 3.59. The first-order valence-electron chi connectivity index (χ1n) is 9.85. The van der Waals surface area contributed by atoms with Crippen LogP contribution in [0.3, 0.4) is 0 Å². The van der Waals surface area contributed by atoms with Gasteiger partial charge >= 0.3 is 0 Å². The van der Waals surface area contributed by atoms with Gasteiger partial charge < -0.3 is 14.8 Å². The molecule has 1 aromatic heterocycles. The van der Waals surface area contributed by atoms with Gasteiger partial charge in [-0.05, 0) is 51.4 Å². The zero-order chi connectivity index (χ0) is 19.9. The molecule has 0 aliphatic carbocycles. The summed E-state index contributed by atoms with van der Waals surface area (Å²) in [6.45, 7) is 5.63. The lowest BCUT2D eigenvalue weighted by atomic mass is 9.99. The molecule has 0 spiro atoms. The van der Waals surface area contributed by atoms with Gasteiger partial charge in [0.15, 0.2) is 11.5 Å². The Morgan fingerprint density at radius 3 is 2.86 bits per heavy atom. The molecule has 1 fully saturated rings. The van der Waals surface area contributed by atoms with Gasteiger partial charge in [-0.1, -0.05) is 12.5 Å². The fourth-order valence-corrected chi connectivity index (χ4v) is 3.59. The maximum absolute atomic E-state index is 12.9. The van der Waals surface area contributed by atoms with Gasteiger partial charge in [0.05, 0.1) is 13.2 Å². The number of aromatic nitrogens is 1. The van der Waals surface area contributed by atoms with E-state index < -0.39 is 0 Å². The minimum atomic E-state index is -0.0874. The van der Waals surface area contributed by atoms with Gasteiger partial charge in [-0.25, -0.2) is 0 Å². The summed E-state index contributed by atoms with van der Waals surface area (Å²) < 4.78 is 11.3. The van der Waals surface area contributed by atoms with Crippen LogP contribution in [0, 0.1) is 0 Å². The summed E-state index contributed by atoms with van der Waals surface area (Å²) >= 11 is 0. The predicted octanol–water partition coefficient (Wildman–Crippen LogP) is 3.87. The Labute approximate surface area is 166 Å². The highest BCUT2D eigenvalue weighted by Gasteiger charge is 2.30. The third-order valence-electron chi connectivity index (χ3n) is 5.06. The SMILES string of the molecule is COc1ccc(NC(=O)C2CCCCN2C(C)C)cc1OCc1cccnc1. The van der Waals surface area contributed by atoms with Crippen LogP contribution < -0.4 is 14.8 Å². The molecule has 0 radical (unpaired) electrons. The van der Waals surface area contributed by atoms with Crippen LogP contribution in [0.4, 0.5) is 5.69 Å². The second-order valence-corrected chi connectivity index (χ2v) is 7.35. The Morgan fingerprint density at radius 1 is 1.29 bits per heavy atom. The van der Waals surface area contributed by atoms with Crippen molar-refractivity contribution in [2.75, 3.05) is 19.0 Å². The first-order valence-corrected chi connectivity index (χ1v) is 9.85. The molecule has 0 saturated carbocycles. The first kappa shape index (κ1) is 20.1. The molecule has 1 amide bonds. The number of nitrogens with one attached hydrogen (secondary N) is 1. The molecule has 1 unspecified atom stereocenters. The van der Waals surface area contributed by atoms with Gasteiger partial charge in [-0.2, -0.15) is 0 Å². The van der Waals surface area contributed by atoms with E-state index >= 15 is 0 Å². The highest BCUT2D eigenvalue weighted by Crippen LogP contribution is 2.31. The van der Waals surface area contributed by atoms with Crippen LogP contribution in [0.25, 0.3) is 0 Å². The number of likely N-dealkylation sites (tertiary alicyclic amines) is 1. The van der Waals surface area contributed by atoms with E-state index in [1.54, 1.807) is 19.5 Å². The van der Waals surface area contributed by atoms with E-state index in [1.165, 1.54) is 0 Å². The molecule has 3 rings (SSSR count). The van der Waals surface area contributed by atoms with Crippen LogP contribution in [0.5, 0.6) is 11.5 Å². The molecular weight excluding hydrogens is 354 g/mol. The van der Waals surface area contributed by atoms with Crippen molar-refractivity contribution in [3.8, 4) is 11.5 Å². The van der Waals surface area contributed by atoms with Crippen LogP contribution in [-0.2, 0) is 11.4 Å². The normalized spacial score (nSPS) is 17.4. The van der Waals surface area contributed by atoms with E-state index in [9.17, 15) is 4.79 Å². The summed E-state index contributed by atoms with van der Waals surface area (Å²) in [4.78, 5) is 19.3. The number of ether oxygens (including phenoxy) is 2. The minimum Gasteiger partial charge on any atom is -0.493 e. The lowest BCUT2D eigenvalue weighted by Gasteiger charge is -2.37. The second-order valence-electron chi connectivity index (χ2n) is 7.35. The topological polar surface area (TPSA) is 63.7 Å². The van der Waals surface area contributed by atoms with Gasteiger partial charge in [0.25, 0.3) is 0 Å². The maximum atomic E-state index is 12.9. The van der Waals surface area contributed by atoms with Gasteiger partial charge in [-0.3, -0.25) is 14.7 Å². The number of hydrogen-bond acceptors (Lipinski definition) is 5.